The molecule has 1 aliphatic rings. The highest BCUT2D eigenvalue weighted by atomic mass is 35.5. The number of ether oxygens (including phenoxy) is 1. The van der Waals surface area contributed by atoms with E-state index < -0.39 is 6.10 Å². The number of piperazine rings is 1. The summed E-state index contributed by atoms with van der Waals surface area (Å²) in [5, 5.41) is 7.15. The number of halogens is 3. The molecule has 23 heavy (non-hydrogen) atoms. The lowest BCUT2D eigenvalue weighted by molar-refractivity contribution is -0.127. The molecule has 0 spiro atoms. The SMILES string of the molecule is CC(Oc1cc(Cl)cc(Cl)c1)C(=O)NCCN1CCNCC1.Cl. The van der Waals surface area contributed by atoms with E-state index in [0.29, 0.717) is 22.3 Å². The van der Waals surface area contributed by atoms with Crippen LogP contribution in [-0.4, -0.2) is 56.2 Å². The summed E-state index contributed by atoms with van der Waals surface area (Å²) in [6.07, 6.45) is -0.599. The molecular weight excluding hydrogens is 361 g/mol. The van der Waals surface area contributed by atoms with Gasteiger partial charge in [0, 0.05) is 49.3 Å². The fraction of sp³-hybridized carbons (Fsp3) is 0.533. The molecule has 1 saturated heterocycles. The Morgan fingerprint density at radius 2 is 1.91 bits per heavy atom. The standard InChI is InChI=1S/C15H21Cl2N3O2.ClH/c1-11(22-14-9-12(16)8-13(17)10-14)15(21)19-4-7-20-5-2-18-3-6-20;/h8-11,18H,2-7H2,1H3,(H,19,21);1H. The molecule has 1 unspecified atom stereocenters. The highest BCUT2D eigenvalue weighted by Gasteiger charge is 2.16. The van der Waals surface area contributed by atoms with E-state index in [2.05, 4.69) is 15.5 Å². The second-order valence-corrected chi connectivity index (χ2v) is 6.12. The number of benzene rings is 1. The van der Waals surface area contributed by atoms with E-state index in [-0.39, 0.29) is 18.3 Å². The van der Waals surface area contributed by atoms with E-state index >= 15 is 0 Å². The Kier molecular flexibility index (Phi) is 9.02. The van der Waals surface area contributed by atoms with Gasteiger partial charge in [-0.05, 0) is 25.1 Å². The van der Waals surface area contributed by atoms with Crippen molar-refractivity contribution in [2.24, 2.45) is 0 Å². The topological polar surface area (TPSA) is 53.6 Å². The van der Waals surface area contributed by atoms with Crippen molar-refractivity contribution in [2.45, 2.75) is 13.0 Å². The number of nitrogens with one attached hydrogen (secondary N) is 2. The second-order valence-electron chi connectivity index (χ2n) is 5.25. The highest BCUT2D eigenvalue weighted by molar-refractivity contribution is 6.34. The normalized spacial score (nSPS) is 16.3. The number of rotatable bonds is 6. The Bertz CT molecular complexity index is 490. The van der Waals surface area contributed by atoms with E-state index in [0.717, 1.165) is 32.7 Å². The lowest BCUT2D eigenvalue weighted by atomic mass is 10.3. The first-order chi connectivity index (χ1) is 10.5. The van der Waals surface area contributed by atoms with Gasteiger partial charge in [0.25, 0.3) is 5.91 Å². The zero-order chi connectivity index (χ0) is 15.9. The maximum Gasteiger partial charge on any atom is 0.260 e. The van der Waals surface area contributed by atoms with Crippen molar-refractivity contribution in [3.8, 4) is 5.75 Å². The lowest BCUT2D eigenvalue weighted by Gasteiger charge is -2.27. The number of carbonyl (C=O) groups is 1. The van der Waals surface area contributed by atoms with Gasteiger partial charge in [0.05, 0.1) is 0 Å². The summed E-state index contributed by atoms with van der Waals surface area (Å²) in [7, 11) is 0. The van der Waals surface area contributed by atoms with Crippen LogP contribution < -0.4 is 15.4 Å². The van der Waals surface area contributed by atoms with Crippen LogP contribution in [0.1, 0.15) is 6.92 Å². The third-order valence-electron chi connectivity index (χ3n) is 3.46. The first-order valence-electron chi connectivity index (χ1n) is 7.38. The van der Waals surface area contributed by atoms with Crippen molar-refractivity contribution >= 4 is 41.5 Å². The van der Waals surface area contributed by atoms with E-state index in [1.807, 2.05) is 0 Å². The van der Waals surface area contributed by atoms with Crippen LogP contribution in [0.25, 0.3) is 0 Å². The molecule has 8 heteroatoms. The molecule has 0 bridgehead atoms. The zero-order valence-electron chi connectivity index (χ0n) is 13.0. The lowest BCUT2D eigenvalue weighted by Crippen LogP contribution is -2.47. The predicted octanol–water partition coefficient (Wildman–Crippen LogP) is 2.20. The quantitative estimate of drug-likeness (QED) is 0.792. The van der Waals surface area contributed by atoms with Crippen LogP contribution in [0, 0.1) is 0 Å². The van der Waals surface area contributed by atoms with Crippen molar-refractivity contribution in [1.29, 1.82) is 0 Å². The van der Waals surface area contributed by atoms with Crippen LogP contribution in [0.3, 0.4) is 0 Å². The van der Waals surface area contributed by atoms with Gasteiger partial charge < -0.3 is 15.4 Å². The van der Waals surface area contributed by atoms with Gasteiger partial charge in [-0.15, -0.1) is 12.4 Å². The number of amides is 1. The third kappa shape index (κ3) is 7.14. The minimum atomic E-state index is -0.599. The maximum atomic E-state index is 12.0. The van der Waals surface area contributed by atoms with Gasteiger partial charge in [-0.1, -0.05) is 23.2 Å². The molecule has 5 nitrogen and oxygen atoms in total. The molecule has 1 atom stereocenters. The molecule has 0 aliphatic carbocycles. The van der Waals surface area contributed by atoms with Gasteiger partial charge >= 0.3 is 0 Å². The summed E-state index contributed by atoms with van der Waals surface area (Å²) < 4.78 is 5.58. The van der Waals surface area contributed by atoms with Crippen molar-refractivity contribution in [3.63, 3.8) is 0 Å². The summed E-state index contributed by atoms with van der Waals surface area (Å²) in [5.74, 6) is 0.341. The van der Waals surface area contributed by atoms with Crippen LogP contribution in [-0.2, 0) is 4.79 Å². The Morgan fingerprint density at radius 1 is 1.30 bits per heavy atom. The average molecular weight is 383 g/mol. The monoisotopic (exact) mass is 381 g/mol. The number of nitrogens with zero attached hydrogens (tertiary/aromatic N) is 1. The van der Waals surface area contributed by atoms with Crippen molar-refractivity contribution in [2.75, 3.05) is 39.3 Å². The van der Waals surface area contributed by atoms with Crippen LogP contribution >= 0.6 is 35.6 Å². The molecular formula is C15H22Cl3N3O2. The number of carbonyl (C=O) groups excluding carboxylic acids is 1. The fourth-order valence-electron chi connectivity index (χ4n) is 2.27. The summed E-state index contributed by atoms with van der Waals surface area (Å²) in [6.45, 7) is 7.21. The molecule has 1 aromatic rings. The molecule has 1 fully saturated rings. The van der Waals surface area contributed by atoms with Crippen molar-refractivity contribution < 1.29 is 9.53 Å². The minimum absolute atomic E-state index is 0. The van der Waals surface area contributed by atoms with Gasteiger partial charge in [-0.25, -0.2) is 0 Å². The molecule has 0 radical (unpaired) electrons. The molecule has 0 aromatic heterocycles. The molecule has 2 N–H and O–H groups in total. The van der Waals surface area contributed by atoms with E-state index in [1.165, 1.54) is 0 Å². The zero-order valence-corrected chi connectivity index (χ0v) is 15.3. The molecule has 1 heterocycles. The Balaban J connectivity index is 0.00000264. The van der Waals surface area contributed by atoms with Crippen LogP contribution in [0.2, 0.25) is 10.0 Å². The highest BCUT2D eigenvalue weighted by Crippen LogP contribution is 2.24. The third-order valence-corrected chi connectivity index (χ3v) is 3.89. The summed E-state index contributed by atoms with van der Waals surface area (Å²) in [6, 6.07) is 4.89. The first-order valence-corrected chi connectivity index (χ1v) is 8.14. The van der Waals surface area contributed by atoms with Crippen LogP contribution in [0.15, 0.2) is 18.2 Å². The van der Waals surface area contributed by atoms with Gasteiger partial charge in [0.15, 0.2) is 6.10 Å². The molecule has 130 valence electrons. The van der Waals surface area contributed by atoms with Gasteiger partial charge in [0.1, 0.15) is 5.75 Å². The predicted molar refractivity (Wildman–Crippen MR) is 96.1 cm³/mol. The number of hydrogen-bond acceptors (Lipinski definition) is 4. The molecule has 1 aromatic carbocycles. The van der Waals surface area contributed by atoms with E-state index in [9.17, 15) is 4.79 Å². The van der Waals surface area contributed by atoms with Crippen LogP contribution in [0.5, 0.6) is 5.75 Å². The molecule has 2 rings (SSSR count). The van der Waals surface area contributed by atoms with Crippen molar-refractivity contribution in [3.05, 3.63) is 28.2 Å². The Hall–Kier alpha value is -0.720. The molecule has 1 amide bonds. The van der Waals surface area contributed by atoms with E-state index in [1.54, 1.807) is 25.1 Å². The van der Waals surface area contributed by atoms with Crippen LogP contribution in [0.4, 0.5) is 0 Å². The largest absolute Gasteiger partial charge is 0.481 e. The Morgan fingerprint density at radius 3 is 2.52 bits per heavy atom. The van der Waals surface area contributed by atoms with Gasteiger partial charge in [0.2, 0.25) is 0 Å². The van der Waals surface area contributed by atoms with Gasteiger partial charge in [-0.3, -0.25) is 9.69 Å². The summed E-state index contributed by atoms with van der Waals surface area (Å²) in [4.78, 5) is 14.3. The second kappa shape index (κ2) is 10.2. The Labute approximate surface area is 153 Å². The summed E-state index contributed by atoms with van der Waals surface area (Å²) in [5.41, 5.74) is 0. The number of hydrogen-bond donors (Lipinski definition) is 2. The smallest absolute Gasteiger partial charge is 0.260 e. The molecule has 0 saturated carbocycles. The van der Waals surface area contributed by atoms with Gasteiger partial charge in [-0.2, -0.15) is 0 Å². The first kappa shape index (κ1) is 20.3. The average Bonchev–Trinajstić information content (AvgIpc) is 2.47. The maximum absolute atomic E-state index is 12.0. The molecule has 1 aliphatic heterocycles. The van der Waals surface area contributed by atoms with Crippen molar-refractivity contribution in [1.82, 2.24) is 15.5 Å². The van der Waals surface area contributed by atoms with E-state index in [4.69, 9.17) is 27.9 Å². The summed E-state index contributed by atoms with van der Waals surface area (Å²) >= 11 is 11.8. The minimum Gasteiger partial charge on any atom is -0.481 e. The fourth-order valence-corrected chi connectivity index (χ4v) is 2.78.